The number of hydrogen-bond acceptors (Lipinski definition) is 6. The Morgan fingerprint density at radius 2 is 2.03 bits per heavy atom. The van der Waals surface area contributed by atoms with Crippen molar-refractivity contribution in [2.75, 3.05) is 31.2 Å². The molecule has 0 bridgehead atoms. The lowest BCUT2D eigenvalue weighted by Crippen LogP contribution is -2.34. The first-order valence-corrected chi connectivity index (χ1v) is 12.0. The first kappa shape index (κ1) is 21.9. The molecule has 7 heteroatoms. The molecule has 0 aliphatic carbocycles. The fraction of sp³-hybridized carbons (Fsp3) is 0.417. The second kappa shape index (κ2) is 10.3. The van der Waals surface area contributed by atoms with Crippen LogP contribution in [0.4, 0.5) is 5.13 Å². The minimum atomic E-state index is -0.207. The summed E-state index contributed by atoms with van der Waals surface area (Å²) in [7, 11) is 0. The first-order chi connectivity index (χ1) is 15.1. The Hall–Kier alpha value is -2.31. The molecule has 0 atom stereocenters. The molecule has 2 heterocycles. The highest BCUT2D eigenvalue weighted by Crippen LogP contribution is 2.35. The number of halogens is 1. The van der Waals surface area contributed by atoms with Crippen molar-refractivity contribution in [1.29, 1.82) is 0 Å². The molecule has 1 aromatic heterocycles. The lowest BCUT2D eigenvalue weighted by atomic mass is 9.94. The Morgan fingerprint density at radius 1 is 1.23 bits per heavy atom. The molecule has 3 aromatic rings. The Kier molecular flexibility index (Phi) is 7.30. The lowest BCUT2D eigenvalue weighted by Gasteiger charge is -2.31. The van der Waals surface area contributed by atoms with E-state index in [0.29, 0.717) is 19.1 Å². The summed E-state index contributed by atoms with van der Waals surface area (Å²) < 4.78 is 12.0. The number of rotatable bonds is 8. The zero-order valence-corrected chi connectivity index (χ0v) is 19.3. The molecule has 0 N–H and O–H groups in total. The van der Waals surface area contributed by atoms with Gasteiger partial charge in [-0.1, -0.05) is 41.1 Å². The van der Waals surface area contributed by atoms with Gasteiger partial charge >= 0.3 is 5.97 Å². The molecule has 1 aliphatic rings. The van der Waals surface area contributed by atoms with E-state index in [1.165, 1.54) is 0 Å². The van der Waals surface area contributed by atoms with Gasteiger partial charge in [-0.05, 0) is 61.9 Å². The van der Waals surface area contributed by atoms with E-state index in [2.05, 4.69) is 4.90 Å². The van der Waals surface area contributed by atoms with E-state index in [4.69, 9.17) is 26.1 Å². The number of anilines is 1. The molecule has 0 spiro atoms. The van der Waals surface area contributed by atoms with Crippen LogP contribution in [0.15, 0.2) is 42.5 Å². The maximum atomic E-state index is 11.7. The van der Waals surface area contributed by atoms with Gasteiger partial charge in [-0.25, -0.2) is 4.98 Å². The molecule has 0 saturated carbocycles. The van der Waals surface area contributed by atoms with Gasteiger partial charge in [-0.2, -0.15) is 0 Å². The third kappa shape index (κ3) is 5.69. The normalized spacial score (nSPS) is 14.7. The first-order valence-electron chi connectivity index (χ1n) is 10.8. The zero-order chi connectivity index (χ0) is 21.6. The smallest absolute Gasteiger partial charge is 0.310 e. The summed E-state index contributed by atoms with van der Waals surface area (Å²) >= 11 is 7.98. The second-order valence-corrected chi connectivity index (χ2v) is 9.17. The second-order valence-electron chi connectivity index (χ2n) is 7.78. The van der Waals surface area contributed by atoms with Crippen molar-refractivity contribution in [3.63, 3.8) is 0 Å². The molecule has 0 unspecified atom stereocenters. The van der Waals surface area contributed by atoms with E-state index >= 15 is 0 Å². The molecule has 4 rings (SSSR count). The number of carbonyl (C=O) groups excluding carboxylic acids is 1. The number of ether oxygens (including phenoxy) is 2. The zero-order valence-electron chi connectivity index (χ0n) is 17.7. The summed E-state index contributed by atoms with van der Waals surface area (Å²) in [5.41, 5.74) is 1.90. The third-order valence-corrected chi connectivity index (χ3v) is 7.18. The summed E-state index contributed by atoms with van der Waals surface area (Å²) in [6.07, 6.45) is 3.58. The number of esters is 1. The van der Waals surface area contributed by atoms with Gasteiger partial charge in [0.25, 0.3) is 0 Å². The van der Waals surface area contributed by atoms with Gasteiger partial charge in [0.2, 0.25) is 0 Å². The van der Waals surface area contributed by atoms with E-state index in [0.717, 1.165) is 64.0 Å². The van der Waals surface area contributed by atoms with Crippen LogP contribution in [-0.2, 0) is 16.0 Å². The topological polar surface area (TPSA) is 51.7 Å². The number of benzene rings is 2. The summed E-state index contributed by atoms with van der Waals surface area (Å²) in [6, 6.07) is 13.6. The largest absolute Gasteiger partial charge is 0.494 e. The van der Waals surface area contributed by atoms with Crippen LogP contribution in [0, 0.1) is 5.92 Å². The van der Waals surface area contributed by atoms with Crippen LogP contribution >= 0.6 is 22.9 Å². The Balaban J connectivity index is 1.23. The molecule has 2 aromatic carbocycles. The van der Waals surface area contributed by atoms with Gasteiger partial charge < -0.3 is 14.4 Å². The van der Waals surface area contributed by atoms with E-state index in [-0.39, 0.29) is 12.4 Å². The Labute approximate surface area is 191 Å². The summed E-state index contributed by atoms with van der Waals surface area (Å²) in [6.45, 7) is 4.93. The average Bonchev–Trinajstić information content (AvgIpc) is 3.20. The monoisotopic (exact) mass is 458 g/mol. The van der Waals surface area contributed by atoms with Gasteiger partial charge in [0.05, 0.1) is 34.9 Å². The van der Waals surface area contributed by atoms with E-state index in [9.17, 15) is 4.79 Å². The fourth-order valence-corrected chi connectivity index (χ4v) is 5.23. The van der Waals surface area contributed by atoms with Crippen LogP contribution in [0.2, 0.25) is 5.02 Å². The summed E-state index contributed by atoms with van der Waals surface area (Å²) in [4.78, 5) is 18.8. The van der Waals surface area contributed by atoms with Crippen LogP contribution in [0.1, 0.15) is 31.7 Å². The van der Waals surface area contributed by atoms with Crippen LogP contribution < -0.4 is 9.64 Å². The van der Waals surface area contributed by atoms with Crippen molar-refractivity contribution in [2.24, 2.45) is 5.92 Å². The molecule has 0 radical (unpaired) electrons. The molecule has 1 saturated heterocycles. The summed E-state index contributed by atoms with van der Waals surface area (Å²) in [5, 5.41) is 1.84. The maximum Gasteiger partial charge on any atom is 0.310 e. The maximum absolute atomic E-state index is 11.7. The Morgan fingerprint density at radius 3 is 2.81 bits per heavy atom. The molecule has 1 fully saturated rings. The highest BCUT2D eigenvalue weighted by atomic mass is 35.5. The van der Waals surface area contributed by atoms with Crippen molar-refractivity contribution in [1.82, 2.24) is 4.98 Å². The molecule has 0 amide bonds. The van der Waals surface area contributed by atoms with Crippen LogP contribution in [0.5, 0.6) is 5.75 Å². The molecule has 5 nitrogen and oxygen atoms in total. The van der Waals surface area contributed by atoms with E-state index in [1.54, 1.807) is 11.3 Å². The minimum Gasteiger partial charge on any atom is -0.494 e. The number of aromatic nitrogens is 1. The molecular weight excluding hydrogens is 432 g/mol. The molecule has 164 valence electrons. The minimum absolute atomic E-state index is 0.207. The number of hydrogen-bond donors (Lipinski definition) is 0. The molecule has 1 aliphatic heterocycles. The average molecular weight is 459 g/mol. The SMILES string of the molecule is CCOC(=O)Cc1cccc(OCCC2CCN(c3nc4cccc(Cl)c4s3)CC2)c1. The van der Waals surface area contributed by atoms with Crippen molar-refractivity contribution in [3.8, 4) is 5.75 Å². The van der Waals surface area contributed by atoms with Crippen molar-refractivity contribution < 1.29 is 14.3 Å². The van der Waals surface area contributed by atoms with Crippen molar-refractivity contribution in [2.45, 2.75) is 32.6 Å². The third-order valence-electron chi connectivity index (χ3n) is 5.59. The number of nitrogens with zero attached hydrogens (tertiary/aromatic N) is 2. The van der Waals surface area contributed by atoms with Gasteiger partial charge in [0.15, 0.2) is 5.13 Å². The van der Waals surface area contributed by atoms with Crippen LogP contribution in [-0.4, -0.2) is 37.3 Å². The van der Waals surface area contributed by atoms with Crippen molar-refractivity contribution >= 4 is 44.3 Å². The molecular formula is C24H27ClN2O3S. The summed E-state index contributed by atoms with van der Waals surface area (Å²) in [5.74, 6) is 1.25. The van der Waals surface area contributed by atoms with Crippen LogP contribution in [0.25, 0.3) is 10.2 Å². The van der Waals surface area contributed by atoms with Crippen molar-refractivity contribution in [3.05, 3.63) is 53.1 Å². The fourth-order valence-electron chi connectivity index (χ4n) is 3.92. The van der Waals surface area contributed by atoms with Gasteiger partial charge in [-0.3, -0.25) is 4.79 Å². The van der Waals surface area contributed by atoms with Gasteiger partial charge in [0.1, 0.15) is 5.75 Å². The standard InChI is InChI=1S/C24H27ClN2O3S/c1-2-29-22(28)16-18-5-3-6-19(15-18)30-14-11-17-9-12-27(13-10-17)24-26-21-8-4-7-20(25)23(21)31-24/h3-8,15,17H,2,9-14,16H2,1H3. The highest BCUT2D eigenvalue weighted by Gasteiger charge is 2.22. The predicted octanol–water partition coefficient (Wildman–Crippen LogP) is 5.74. The number of thiazole rings is 1. The number of carbonyl (C=O) groups is 1. The number of piperidine rings is 1. The highest BCUT2D eigenvalue weighted by molar-refractivity contribution is 7.22. The lowest BCUT2D eigenvalue weighted by molar-refractivity contribution is -0.142. The van der Waals surface area contributed by atoms with E-state index < -0.39 is 0 Å². The van der Waals surface area contributed by atoms with Gasteiger partial charge in [0, 0.05) is 13.1 Å². The van der Waals surface area contributed by atoms with Crippen LogP contribution in [0.3, 0.4) is 0 Å². The quantitative estimate of drug-likeness (QED) is 0.403. The number of fused-ring (bicyclic) bond motifs is 1. The van der Waals surface area contributed by atoms with Gasteiger partial charge in [-0.15, -0.1) is 0 Å². The van der Waals surface area contributed by atoms with E-state index in [1.807, 2.05) is 49.4 Å². The Bertz CT molecular complexity index is 1030. The predicted molar refractivity (Wildman–Crippen MR) is 126 cm³/mol. The molecule has 31 heavy (non-hydrogen) atoms.